The lowest BCUT2D eigenvalue weighted by Crippen LogP contribution is -2.47. The van der Waals surface area contributed by atoms with E-state index in [-0.39, 0.29) is 11.9 Å². The van der Waals surface area contributed by atoms with Crippen molar-refractivity contribution in [2.45, 2.75) is 39.7 Å². The van der Waals surface area contributed by atoms with Gasteiger partial charge in [0.15, 0.2) is 0 Å². The van der Waals surface area contributed by atoms with Crippen molar-refractivity contribution in [2.75, 3.05) is 32.7 Å². The number of rotatable bonds is 5. The van der Waals surface area contributed by atoms with Crippen molar-refractivity contribution in [3.63, 3.8) is 0 Å². The maximum Gasteiger partial charge on any atom is 0.239 e. The molecular formula is C13H27N3O. The van der Waals surface area contributed by atoms with Crippen LogP contribution in [0.1, 0.15) is 33.6 Å². The molecule has 1 amide bonds. The molecule has 1 atom stereocenters. The number of carbonyl (C=O) groups excluding carboxylic acids is 1. The summed E-state index contributed by atoms with van der Waals surface area (Å²) in [7, 11) is 0. The molecule has 1 aliphatic rings. The van der Waals surface area contributed by atoms with Crippen molar-refractivity contribution >= 4 is 5.91 Å². The maximum atomic E-state index is 11.7. The number of amides is 1. The number of piperidine rings is 1. The molecule has 1 fully saturated rings. The summed E-state index contributed by atoms with van der Waals surface area (Å²) in [5.74, 6) is 0.846. The van der Waals surface area contributed by atoms with Gasteiger partial charge in [0.05, 0.1) is 6.04 Å². The minimum Gasteiger partial charge on any atom is -0.341 e. The van der Waals surface area contributed by atoms with E-state index in [1.807, 2.05) is 4.90 Å². The molecule has 100 valence electrons. The van der Waals surface area contributed by atoms with Crippen LogP contribution in [-0.2, 0) is 4.79 Å². The van der Waals surface area contributed by atoms with E-state index >= 15 is 0 Å². The van der Waals surface area contributed by atoms with Gasteiger partial charge in [0.1, 0.15) is 0 Å². The number of carbonyl (C=O) groups is 1. The van der Waals surface area contributed by atoms with Gasteiger partial charge in [0, 0.05) is 19.6 Å². The number of hydrogen-bond donors (Lipinski definition) is 1. The summed E-state index contributed by atoms with van der Waals surface area (Å²) in [4.78, 5) is 16.1. The van der Waals surface area contributed by atoms with Gasteiger partial charge in [-0.2, -0.15) is 0 Å². The molecule has 1 rings (SSSR count). The molecule has 0 aromatic rings. The Morgan fingerprint density at radius 3 is 2.29 bits per heavy atom. The van der Waals surface area contributed by atoms with Crippen LogP contribution in [0.15, 0.2) is 0 Å². The van der Waals surface area contributed by atoms with Crippen molar-refractivity contribution in [2.24, 2.45) is 11.7 Å². The van der Waals surface area contributed by atoms with E-state index in [2.05, 4.69) is 18.7 Å². The van der Waals surface area contributed by atoms with Crippen molar-refractivity contribution in [3.05, 3.63) is 0 Å². The van der Waals surface area contributed by atoms with E-state index in [0.717, 1.165) is 44.9 Å². The molecule has 0 aromatic heterocycles. The monoisotopic (exact) mass is 241 g/mol. The lowest BCUT2D eigenvalue weighted by molar-refractivity contribution is -0.133. The van der Waals surface area contributed by atoms with Gasteiger partial charge < -0.3 is 15.5 Å². The molecule has 0 unspecified atom stereocenters. The summed E-state index contributed by atoms with van der Waals surface area (Å²) >= 11 is 0. The molecule has 1 aliphatic heterocycles. The molecule has 0 spiro atoms. The highest BCUT2D eigenvalue weighted by Crippen LogP contribution is 2.18. The summed E-state index contributed by atoms with van der Waals surface area (Å²) in [5.41, 5.74) is 5.63. The van der Waals surface area contributed by atoms with Crippen molar-refractivity contribution < 1.29 is 4.79 Å². The fourth-order valence-electron chi connectivity index (χ4n) is 2.47. The largest absolute Gasteiger partial charge is 0.341 e. The molecule has 1 saturated heterocycles. The molecule has 2 N–H and O–H groups in total. The van der Waals surface area contributed by atoms with E-state index < -0.39 is 0 Å². The fraction of sp³-hybridized carbons (Fsp3) is 0.923. The Kier molecular flexibility index (Phi) is 5.92. The summed E-state index contributed by atoms with van der Waals surface area (Å²) in [6.45, 7) is 11.4. The van der Waals surface area contributed by atoms with Gasteiger partial charge in [-0.3, -0.25) is 4.79 Å². The molecular weight excluding hydrogens is 214 g/mol. The van der Waals surface area contributed by atoms with Crippen LogP contribution in [0.2, 0.25) is 0 Å². The third kappa shape index (κ3) is 4.28. The lowest BCUT2D eigenvalue weighted by atomic mass is 9.95. The standard InChI is InChI=1S/C13H27N3O/c1-4-15(5-2)10-12-6-8-16(9-7-12)13(17)11(3)14/h11-12H,4-10,14H2,1-3H3/t11-/m0/s1. The summed E-state index contributed by atoms with van der Waals surface area (Å²) < 4.78 is 0. The van der Waals surface area contributed by atoms with Crippen molar-refractivity contribution in [1.82, 2.24) is 9.80 Å². The van der Waals surface area contributed by atoms with Gasteiger partial charge in [0.2, 0.25) is 5.91 Å². The second kappa shape index (κ2) is 6.97. The predicted octanol–water partition coefficient (Wildman–Crippen LogP) is 0.914. The lowest BCUT2D eigenvalue weighted by Gasteiger charge is -2.35. The Bertz CT molecular complexity index is 231. The first-order chi connectivity index (χ1) is 8.08. The van der Waals surface area contributed by atoms with E-state index in [1.54, 1.807) is 6.92 Å². The summed E-state index contributed by atoms with van der Waals surface area (Å²) in [6, 6.07) is -0.352. The third-order valence-electron chi connectivity index (χ3n) is 3.73. The van der Waals surface area contributed by atoms with Gasteiger partial charge in [-0.05, 0) is 38.8 Å². The van der Waals surface area contributed by atoms with Crippen molar-refractivity contribution in [1.29, 1.82) is 0 Å². The van der Waals surface area contributed by atoms with Crippen LogP contribution in [0.4, 0.5) is 0 Å². The van der Waals surface area contributed by atoms with Gasteiger partial charge >= 0.3 is 0 Å². The molecule has 0 bridgehead atoms. The Balaban J connectivity index is 2.33. The van der Waals surface area contributed by atoms with E-state index in [1.165, 1.54) is 6.54 Å². The van der Waals surface area contributed by atoms with E-state index in [0.29, 0.717) is 0 Å². The fourth-order valence-corrected chi connectivity index (χ4v) is 2.47. The first-order valence-electron chi connectivity index (χ1n) is 6.85. The molecule has 0 aromatic carbocycles. The SMILES string of the molecule is CCN(CC)CC1CCN(C(=O)[C@H](C)N)CC1. The second-order valence-corrected chi connectivity index (χ2v) is 5.04. The Morgan fingerprint density at radius 2 is 1.88 bits per heavy atom. The third-order valence-corrected chi connectivity index (χ3v) is 3.73. The highest BCUT2D eigenvalue weighted by Gasteiger charge is 2.25. The number of nitrogens with two attached hydrogens (primary N) is 1. The van der Waals surface area contributed by atoms with Crippen LogP contribution >= 0.6 is 0 Å². The van der Waals surface area contributed by atoms with Crippen LogP contribution in [0.25, 0.3) is 0 Å². The molecule has 17 heavy (non-hydrogen) atoms. The summed E-state index contributed by atoms with van der Waals surface area (Å²) in [5, 5.41) is 0. The van der Waals surface area contributed by atoms with Crippen molar-refractivity contribution in [3.8, 4) is 0 Å². The smallest absolute Gasteiger partial charge is 0.239 e. The molecule has 0 saturated carbocycles. The number of hydrogen-bond acceptors (Lipinski definition) is 3. The molecule has 0 radical (unpaired) electrons. The zero-order chi connectivity index (χ0) is 12.8. The van der Waals surface area contributed by atoms with Gasteiger partial charge in [-0.1, -0.05) is 13.8 Å². The molecule has 4 heteroatoms. The predicted molar refractivity (Wildman–Crippen MR) is 70.7 cm³/mol. The van der Waals surface area contributed by atoms with E-state index in [4.69, 9.17) is 5.73 Å². The minimum absolute atomic E-state index is 0.103. The second-order valence-electron chi connectivity index (χ2n) is 5.04. The van der Waals surface area contributed by atoms with Gasteiger partial charge in [-0.25, -0.2) is 0 Å². The highest BCUT2D eigenvalue weighted by atomic mass is 16.2. The highest BCUT2D eigenvalue weighted by molar-refractivity contribution is 5.81. The Labute approximate surface area is 105 Å². The minimum atomic E-state index is -0.352. The first kappa shape index (κ1) is 14.5. The average Bonchev–Trinajstić information content (AvgIpc) is 2.35. The van der Waals surface area contributed by atoms with Crippen LogP contribution in [0.5, 0.6) is 0 Å². The zero-order valence-electron chi connectivity index (χ0n) is 11.5. The summed E-state index contributed by atoms with van der Waals surface area (Å²) in [6.07, 6.45) is 2.24. The first-order valence-corrected chi connectivity index (χ1v) is 6.85. The topological polar surface area (TPSA) is 49.6 Å². The number of likely N-dealkylation sites (tertiary alicyclic amines) is 1. The zero-order valence-corrected chi connectivity index (χ0v) is 11.5. The number of nitrogens with zero attached hydrogens (tertiary/aromatic N) is 2. The Morgan fingerprint density at radius 1 is 1.35 bits per heavy atom. The molecule has 4 nitrogen and oxygen atoms in total. The van der Waals surface area contributed by atoms with E-state index in [9.17, 15) is 4.79 Å². The van der Waals surface area contributed by atoms with Crippen LogP contribution in [0, 0.1) is 5.92 Å². The van der Waals surface area contributed by atoms with Crippen LogP contribution < -0.4 is 5.73 Å². The quantitative estimate of drug-likeness (QED) is 0.778. The molecule has 1 heterocycles. The van der Waals surface area contributed by atoms with Gasteiger partial charge in [0.25, 0.3) is 0 Å². The molecule has 0 aliphatic carbocycles. The van der Waals surface area contributed by atoms with Crippen LogP contribution in [-0.4, -0.2) is 54.5 Å². The van der Waals surface area contributed by atoms with Gasteiger partial charge in [-0.15, -0.1) is 0 Å². The average molecular weight is 241 g/mol. The normalized spacial score (nSPS) is 19.7. The Hall–Kier alpha value is -0.610. The maximum absolute atomic E-state index is 11.7. The van der Waals surface area contributed by atoms with Crippen LogP contribution in [0.3, 0.4) is 0 Å².